The maximum atomic E-state index is 13.2. The highest BCUT2D eigenvalue weighted by atomic mass is 19.1. The van der Waals surface area contributed by atoms with Gasteiger partial charge in [0.2, 0.25) is 5.91 Å². The molecular formula is C17H23FN2O. The molecule has 0 saturated carbocycles. The standard InChI is InChI=1S/C17H23FN2O/c1-20(11-12-3-2-4-14(18)7-12)17(21)10-13-8-15-5-6-16(9-13)19-15/h2-4,7,13,15-16,19H,5-6,8-11H2,1H3. The lowest BCUT2D eigenvalue weighted by atomic mass is 9.89. The van der Waals surface area contributed by atoms with Crippen molar-refractivity contribution in [3.63, 3.8) is 0 Å². The molecule has 0 aliphatic carbocycles. The van der Waals surface area contributed by atoms with Crippen molar-refractivity contribution in [3.8, 4) is 0 Å². The van der Waals surface area contributed by atoms with Crippen molar-refractivity contribution in [2.75, 3.05) is 7.05 Å². The van der Waals surface area contributed by atoms with Gasteiger partial charge in [-0.2, -0.15) is 0 Å². The molecule has 1 aromatic carbocycles. The highest BCUT2D eigenvalue weighted by Crippen LogP contribution is 2.32. The van der Waals surface area contributed by atoms with Gasteiger partial charge >= 0.3 is 0 Å². The van der Waals surface area contributed by atoms with E-state index in [4.69, 9.17) is 0 Å². The van der Waals surface area contributed by atoms with Gasteiger partial charge in [0, 0.05) is 32.1 Å². The highest BCUT2D eigenvalue weighted by Gasteiger charge is 2.34. The van der Waals surface area contributed by atoms with E-state index in [1.807, 2.05) is 13.1 Å². The van der Waals surface area contributed by atoms with Crippen LogP contribution in [0.2, 0.25) is 0 Å². The van der Waals surface area contributed by atoms with Crippen LogP contribution in [0.25, 0.3) is 0 Å². The monoisotopic (exact) mass is 290 g/mol. The van der Waals surface area contributed by atoms with Gasteiger partial charge in [-0.3, -0.25) is 4.79 Å². The van der Waals surface area contributed by atoms with Gasteiger partial charge in [0.1, 0.15) is 5.82 Å². The fraction of sp³-hybridized carbons (Fsp3) is 0.588. The Balaban J connectivity index is 1.53. The summed E-state index contributed by atoms with van der Waals surface area (Å²) >= 11 is 0. The Morgan fingerprint density at radius 1 is 1.33 bits per heavy atom. The van der Waals surface area contributed by atoms with E-state index in [0.29, 0.717) is 31.0 Å². The average molecular weight is 290 g/mol. The van der Waals surface area contributed by atoms with Gasteiger partial charge in [-0.15, -0.1) is 0 Å². The Bertz CT molecular complexity index is 507. The van der Waals surface area contributed by atoms with Crippen LogP contribution < -0.4 is 5.32 Å². The molecule has 2 atom stereocenters. The molecule has 114 valence electrons. The predicted octanol–water partition coefficient (Wildman–Crippen LogP) is 2.70. The molecule has 0 aromatic heterocycles. The van der Waals surface area contributed by atoms with E-state index in [-0.39, 0.29) is 11.7 Å². The quantitative estimate of drug-likeness (QED) is 0.924. The maximum absolute atomic E-state index is 13.2. The Kier molecular flexibility index (Phi) is 4.24. The van der Waals surface area contributed by atoms with Crippen molar-refractivity contribution in [2.24, 2.45) is 5.92 Å². The number of carbonyl (C=O) groups excluding carboxylic acids is 1. The van der Waals surface area contributed by atoms with Crippen LogP contribution in [0.1, 0.15) is 37.7 Å². The Morgan fingerprint density at radius 2 is 2.05 bits per heavy atom. The largest absolute Gasteiger partial charge is 0.341 e. The third-order valence-electron chi connectivity index (χ3n) is 4.77. The molecule has 2 bridgehead atoms. The Morgan fingerprint density at radius 3 is 2.71 bits per heavy atom. The number of nitrogens with one attached hydrogen (secondary N) is 1. The molecule has 2 fully saturated rings. The van der Waals surface area contributed by atoms with Gasteiger partial charge in [-0.05, 0) is 49.3 Å². The van der Waals surface area contributed by atoms with E-state index in [1.165, 1.54) is 25.0 Å². The van der Waals surface area contributed by atoms with E-state index in [2.05, 4.69) is 5.32 Å². The summed E-state index contributed by atoms with van der Waals surface area (Å²) in [5.74, 6) is 0.431. The third kappa shape index (κ3) is 3.62. The van der Waals surface area contributed by atoms with Crippen molar-refractivity contribution in [2.45, 2.75) is 50.7 Å². The minimum atomic E-state index is -0.247. The zero-order chi connectivity index (χ0) is 14.8. The number of amides is 1. The first-order valence-corrected chi connectivity index (χ1v) is 7.84. The maximum Gasteiger partial charge on any atom is 0.222 e. The molecule has 2 aliphatic rings. The van der Waals surface area contributed by atoms with Crippen molar-refractivity contribution >= 4 is 5.91 Å². The number of halogens is 1. The van der Waals surface area contributed by atoms with Gasteiger partial charge in [0.15, 0.2) is 0 Å². The zero-order valence-electron chi connectivity index (χ0n) is 12.5. The second kappa shape index (κ2) is 6.14. The molecule has 4 heteroatoms. The fourth-order valence-corrected chi connectivity index (χ4v) is 3.74. The molecule has 1 amide bonds. The van der Waals surface area contributed by atoms with E-state index in [9.17, 15) is 9.18 Å². The van der Waals surface area contributed by atoms with Crippen molar-refractivity contribution in [1.82, 2.24) is 10.2 Å². The minimum absolute atomic E-state index is 0.172. The van der Waals surface area contributed by atoms with Crippen LogP contribution in [-0.2, 0) is 11.3 Å². The second-order valence-corrected chi connectivity index (χ2v) is 6.56. The molecule has 3 nitrogen and oxygen atoms in total. The van der Waals surface area contributed by atoms with Crippen molar-refractivity contribution < 1.29 is 9.18 Å². The van der Waals surface area contributed by atoms with Gasteiger partial charge in [-0.1, -0.05) is 12.1 Å². The van der Waals surface area contributed by atoms with E-state index >= 15 is 0 Å². The summed E-state index contributed by atoms with van der Waals surface area (Å²) < 4.78 is 13.2. The van der Waals surface area contributed by atoms with Gasteiger partial charge in [-0.25, -0.2) is 4.39 Å². The molecule has 1 N–H and O–H groups in total. The van der Waals surface area contributed by atoms with Gasteiger partial charge in [0.25, 0.3) is 0 Å². The summed E-state index contributed by atoms with van der Waals surface area (Å²) in [5, 5.41) is 3.60. The molecular weight excluding hydrogens is 267 g/mol. The Labute approximate surface area is 125 Å². The second-order valence-electron chi connectivity index (χ2n) is 6.56. The minimum Gasteiger partial charge on any atom is -0.341 e. The first-order chi connectivity index (χ1) is 10.1. The van der Waals surface area contributed by atoms with E-state index in [1.54, 1.807) is 11.0 Å². The smallest absolute Gasteiger partial charge is 0.222 e. The molecule has 2 unspecified atom stereocenters. The van der Waals surface area contributed by atoms with Crippen LogP contribution in [-0.4, -0.2) is 29.9 Å². The van der Waals surface area contributed by atoms with Crippen LogP contribution >= 0.6 is 0 Å². The normalized spacial score (nSPS) is 27.6. The molecule has 1 aromatic rings. The fourth-order valence-electron chi connectivity index (χ4n) is 3.74. The summed E-state index contributed by atoms with van der Waals surface area (Å²) in [6, 6.07) is 7.71. The average Bonchev–Trinajstić information content (AvgIpc) is 2.78. The lowest BCUT2D eigenvalue weighted by Crippen LogP contribution is -2.39. The van der Waals surface area contributed by atoms with Crippen LogP contribution in [0.5, 0.6) is 0 Å². The predicted molar refractivity (Wildman–Crippen MR) is 80.2 cm³/mol. The lowest BCUT2D eigenvalue weighted by Gasteiger charge is -2.30. The number of piperidine rings is 1. The van der Waals surface area contributed by atoms with Crippen molar-refractivity contribution in [3.05, 3.63) is 35.6 Å². The number of benzene rings is 1. The van der Waals surface area contributed by atoms with Crippen LogP contribution in [0.3, 0.4) is 0 Å². The number of nitrogens with zero attached hydrogens (tertiary/aromatic N) is 1. The number of fused-ring (bicyclic) bond motifs is 2. The highest BCUT2D eigenvalue weighted by molar-refractivity contribution is 5.76. The van der Waals surface area contributed by atoms with E-state index in [0.717, 1.165) is 18.4 Å². The van der Waals surface area contributed by atoms with Gasteiger partial charge in [0.05, 0.1) is 0 Å². The number of hydrogen-bond donors (Lipinski definition) is 1. The summed E-state index contributed by atoms with van der Waals surface area (Å²) in [6.45, 7) is 0.481. The van der Waals surface area contributed by atoms with Crippen LogP contribution in [0.4, 0.5) is 4.39 Å². The molecule has 2 saturated heterocycles. The Hall–Kier alpha value is -1.42. The topological polar surface area (TPSA) is 32.3 Å². The zero-order valence-corrected chi connectivity index (χ0v) is 12.5. The molecule has 21 heavy (non-hydrogen) atoms. The van der Waals surface area contributed by atoms with Crippen LogP contribution in [0.15, 0.2) is 24.3 Å². The molecule has 0 radical (unpaired) electrons. The third-order valence-corrected chi connectivity index (χ3v) is 4.77. The SMILES string of the molecule is CN(Cc1cccc(F)c1)C(=O)CC1CC2CCC(C1)N2. The van der Waals surface area contributed by atoms with Crippen molar-refractivity contribution in [1.29, 1.82) is 0 Å². The summed E-state index contributed by atoms with van der Waals surface area (Å²) in [4.78, 5) is 14.1. The summed E-state index contributed by atoms with van der Waals surface area (Å²) in [7, 11) is 1.81. The molecule has 2 heterocycles. The number of hydrogen-bond acceptors (Lipinski definition) is 2. The summed E-state index contributed by atoms with van der Waals surface area (Å²) in [6.07, 6.45) is 5.38. The van der Waals surface area contributed by atoms with Gasteiger partial charge < -0.3 is 10.2 Å². The number of rotatable bonds is 4. The summed E-state index contributed by atoms with van der Waals surface area (Å²) in [5.41, 5.74) is 0.844. The first-order valence-electron chi connectivity index (χ1n) is 7.84. The molecule has 0 spiro atoms. The van der Waals surface area contributed by atoms with E-state index < -0.39 is 0 Å². The molecule has 3 rings (SSSR count). The van der Waals surface area contributed by atoms with Crippen LogP contribution in [0, 0.1) is 11.7 Å². The lowest BCUT2D eigenvalue weighted by molar-refractivity contribution is -0.131. The first kappa shape index (κ1) is 14.5. The molecule has 2 aliphatic heterocycles. The number of carbonyl (C=O) groups is 1.